The van der Waals surface area contributed by atoms with Crippen LogP contribution in [0.5, 0.6) is 0 Å². The van der Waals surface area contributed by atoms with E-state index in [9.17, 15) is 8.42 Å². The summed E-state index contributed by atoms with van der Waals surface area (Å²) in [5.41, 5.74) is 7.45. The fourth-order valence-electron chi connectivity index (χ4n) is 2.08. The van der Waals surface area contributed by atoms with Gasteiger partial charge >= 0.3 is 0 Å². The number of benzene rings is 2. The highest BCUT2D eigenvalue weighted by Crippen LogP contribution is 2.28. The zero-order chi connectivity index (χ0) is 15.0. The second-order valence-corrected chi connectivity index (χ2v) is 7.05. The molecule has 2 aromatic carbocycles. The Labute approximate surface area is 130 Å². The van der Waals surface area contributed by atoms with Crippen LogP contribution in [0.1, 0.15) is 0 Å². The summed E-state index contributed by atoms with van der Waals surface area (Å²) >= 11 is 3.32. The second kappa shape index (κ2) is 5.09. The number of nitrogens with one attached hydrogen (secondary N) is 2. The average Bonchev–Trinajstić information content (AvgIpc) is 2.85. The van der Waals surface area contributed by atoms with E-state index in [1.54, 1.807) is 36.4 Å². The van der Waals surface area contributed by atoms with E-state index >= 15 is 0 Å². The molecule has 0 bridgehead atoms. The Morgan fingerprint density at radius 3 is 2.67 bits per heavy atom. The third kappa shape index (κ3) is 2.62. The average molecular weight is 366 g/mol. The van der Waals surface area contributed by atoms with Crippen molar-refractivity contribution in [2.45, 2.75) is 4.90 Å². The minimum atomic E-state index is -3.70. The van der Waals surface area contributed by atoms with Crippen molar-refractivity contribution < 1.29 is 8.42 Å². The van der Waals surface area contributed by atoms with Crippen molar-refractivity contribution in [2.24, 2.45) is 0 Å². The number of aromatic amines is 1. The normalized spacial score (nSPS) is 11.7. The van der Waals surface area contributed by atoms with Crippen molar-refractivity contribution in [3.05, 3.63) is 53.1 Å². The first-order chi connectivity index (χ1) is 9.97. The molecule has 0 radical (unpaired) electrons. The third-order valence-corrected chi connectivity index (χ3v) is 5.17. The number of H-pyrrole nitrogens is 1. The first-order valence-electron chi connectivity index (χ1n) is 6.11. The van der Waals surface area contributed by atoms with Crippen LogP contribution in [-0.2, 0) is 10.0 Å². The molecule has 0 amide bonds. The molecule has 1 heterocycles. The third-order valence-electron chi connectivity index (χ3n) is 3.08. The molecule has 0 saturated carbocycles. The van der Waals surface area contributed by atoms with E-state index in [2.05, 4.69) is 25.6 Å². The summed E-state index contributed by atoms with van der Waals surface area (Å²) in [5, 5.41) is 0.564. The van der Waals surface area contributed by atoms with Crippen LogP contribution in [0.2, 0.25) is 0 Å². The Bertz CT molecular complexity index is 919. The molecule has 3 aromatic rings. The SMILES string of the molecule is Nc1ccc2[nH]cc(S(=O)(=O)Nc3ccccc3Br)c2c1. The van der Waals surface area contributed by atoms with Crippen LogP contribution in [-0.4, -0.2) is 13.4 Å². The molecule has 0 fully saturated rings. The Morgan fingerprint density at radius 2 is 1.90 bits per heavy atom. The van der Waals surface area contributed by atoms with E-state index < -0.39 is 10.0 Å². The molecule has 0 aliphatic carbocycles. The van der Waals surface area contributed by atoms with Crippen molar-refractivity contribution in [3.8, 4) is 0 Å². The van der Waals surface area contributed by atoms with Crippen molar-refractivity contribution in [1.82, 2.24) is 4.98 Å². The van der Waals surface area contributed by atoms with Gasteiger partial charge < -0.3 is 10.7 Å². The van der Waals surface area contributed by atoms with E-state index in [4.69, 9.17) is 5.73 Å². The van der Waals surface area contributed by atoms with E-state index in [0.29, 0.717) is 21.2 Å². The van der Waals surface area contributed by atoms with Gasteiger partial charge in [0.25, 0.3) is 10.0 Å². The van der Waals surface area contributed by atoms with Crippen LogP contribution in [0, 0.1) is 0 Å². The molecule has 5 nitrogen and oxygen atoms in total. The smallest absolute Gasteiger partial charge is 0.264 e. The molecule has 0 spiro atoms. The molecular formula is C14H12BrN3O2S. The summed E-state index contributed by atoms with van der Waals surface area (Å²) < 4.78 is 28.3. The van der Waals surface area contributed by atoms with Crippen LogP contribution in [0.25, 0.3) is 10.9 Å². The van der Waals surface area contributed by atoms with Gasteiger partial charge in [0.2, 0.25) is 0 Å². The monoisotopic (exact) mass is 365 g/mol. The summed E-state index contributed by atoms with van der Waals surface area (Å²) in [6.45, 7) is 0. The maximum Gasteiger partial charge on any atom is 0.264 e. The van der Waals surface area contributed by atoms with Gasteiger partial charge in [0.1, 0.15) is 4.90 Å². The van der Waals surface area contributed by atoms with Gasteiger partial charge in [-0.05, 0) is 46.3 Å². The van der Waals surface area contributed by atoms with Crippen LogP contribution in [0.3, 0.4) is 0 Å². The Balaban J connectivity index is 2.09. The molecule has 0 saturated heterocycles. The molecule has 21 heavy (non-hydrogen) atoms. The van der Waals surface area contributed by atoms with E-state index in [-0.39, 0.29) is 4.90 Å². The molecule has 3 rings (SSSR count). The lowest BCUT2D eigenvalue weighted by atomic mass is 10.2. The minimum absolute atomic E-state index is 0.167. The topological polar surface area (TPSA) is 88.0 Å². The van der Waals surface area contributed by atoms with Gasteiger partial charge in [0.15, 0.2) is 0 Å². The lowest BCUT2D eigenvalue weighted by molar-refractivity contribution is 0.602. The number of hydrogen-bond acceptors (Lipinski definition) is 3. The first kappa shape index (κ1) is 14.0. The molecule has 1 aromatic heterocycles. The quantitative estimate of drug-likeness (QED) is 0.622. The highest BCUT2D eigenvalue weighted by atomic mass is 79.9. The van der Waals surface area contributed by atoms with Gasteiger partial charge in [-0.3, -0.25) is 4.72 Å². The highest BCUT2D eigenvalue weighted by molar-refractivity contribution is 9.10. The molecule has 4 N–H and O–H groups in total. The molecule has 0 atom stereocenters. The molecular weight excluding hydrogens is 354 g/mol. The van der Waals surface area contributed by atoms with Crippen molar-refractivity contribution in [2.75, 3.05) is 10.5 Å². The Hall–Kier alpha value is -1.99. The highest BCUT2D eigenvalue weighted by Gasteiger charge is 2.20. The zero-order valence-electron chi connectivity index (χ0n) is 10.8. The summed E-state index contributed by atoms with van der Waals surface area (Å²) in [6.07, 6.45) is 1.46. The van der Waals surface area contributed by atoms with Crippen molar-refractivity contribution in [1.29, 1.82) is 0 Å². The van der Waals surface area contributed by atoms with Gasteiger partial charge in [-0.25, -0.2) is 8.42 Å². The standard InChI is InChI=1S/C14H12BrN3O2S/c15-11-3-1-2-4-13(11)18-21(19,20)14-8-17-12-6-5-9(16)7-10(12)14/h1-8,17-18H,16H2. The van der Waals surface area contributed by atoms with E-state index in [1.165, 1.54) is 6.20 Å². The van der Waals surface area contributed by atoms with Crippen molar-refractivity contribution >= 4 is 48.2 Å². The van der Waals surface area contributed by atoms with Crippen LogP contribution >= 0.6 is 15.9 Å². The number of nitrogen functional groups attached to an aromatic ring is 1. The predicted octanol–water partition coefficient (Wildman–Crippen LogP) is 3.31. The van der Waals surface area contributed by atoms with Gasteiger partial charge in [0.05, 0.1) is 5.69 Å². The molecule has 0 unspecified atom stereocenters. The maximum absolute atomic E-state index is 12.5. The van der Waals surface area contributed by atoms with E-state index in [1.807, 2.05) is 6.07 Å². The Kier molecular flexibility index (Phi) is 3.38. The van der Waals surface area contributed by atoms with E-state index in [0.717, 1.165) is 5.52 Å². The number of aromatic nitrogens is 1. The number of anilines is 2. The largest absolute Gasteiger partial charge is 0.399 e. The number of hydrogen-bond donors (Lipinski definition) is 3. The Morgan fingerprint density at radius 1 is 1.14 bits per heavy atom. The van der Waals surface area contributed by atoms with Gasteiger partial charge in [0, 0.05) is 27.3 Å². The lowest BCUT2D eigenvalue weighted by Crippen LogP contribution is -2.12. The summed E-state index contributed by atoms with van der Waals surface area (Å²) in [6, 6.07) is 12.1. The van der Waals surface area contributed by atoms with Crippen LogP contribution < -0.4 is 10.5 Å². The number of para-hydroxylation sites is 1. The summed E-state index contributed by atoms with van der Waals surface area (Å²) in [5.74, 6) is 0. The second-order valence-electron chi connectivity index (χ2n) is 4.54. The first-order valence-corrected chi connectivity index (χ1v) is 8.39. The number of nitrogens with two attached hydrogens (primary N) is 1. The number of halogens is 1. The van der Waals surface area contributed by atoms with Gasteiger partial charge in [-0.1, -0.05) is 12.1 Å². The molecule has 108 valence electrons. The van der Waals surface area contributed by atoms with Gasteiger partial charge in [-0.2, -0.15) is 0 Å². The predicted molar refractivity (Wildman–Crippen MR) is 87.7 cm³/mol. The summed E-state index contributed by atoms with van der Waals surface area (Å²) in [4.78, 5) is 3.10. The lowest BCUT2D eigenvalue weighted by Gasteiger charge is -2.09. The molecule has 0 aliphatic heterocycles. The van der Waals surface area contributed by atoms with Crippen LogP contribution in [0.4, 0.5) is 11.4 Å². The number of sulfonamides is 1. The fourth-order valence-corrected chi connectivity index (χ4v) is 3.84. The maximum atomic E-state index is 12.5. The number of rotatable bonds is 3. The van der Waals surface area contributed by atoms with Gasteiger partial charge in [-0.15, -0.1) is 0 Å². The molecule has 0 aliphatic rings. The van der Waals surface area contributed by atoms with Crippen LogP contribution in [0.15, 0.2) is 58.0 Å². The fraction of sp³-hybridized carbons (Fsp3) is 0. The molecule has 7 heteroatoms. The van der Waals surface area contributed by atoms with Crippen molar-refractivity contribution in [3.63, 3.8) is 0 Å². The summed E-state index contributed by atoms with van der Waals surface area (Å²) in [7, 11) is -3.70. The zero-order valence-corrected chi connectivity index (χ0v) is 13.2. The minimum Gasteiger partial charge on any atom is -0.399 e. The number of fused-ring (bicyclic) bond motifs is 1.